The van der Waals surface area contributed by atoms with Crippen molar-refractivity contribution in [3.8, 4) is 5.69 Å². The molecular formula is C21H23N3OS. The Labute approximate surface area is 157 Å². The van der Waals surface area contributed by atoms with E-state index in [0.29, 0.717) is 0 Å². The van der Waals surface area contributed by atoms with Gasteiger partial charge in [0.15, 0.2) is 0 Å². The van der Waals surface area contributed by atoms with Gasteiger partial charge in [0.25, 0.3) is 5.91 Å². The second-order valence-electron chi connectivity index (χ2n) is 6.87. The van der Waals surface area contributed by atoms with Crippen molar-refractivity contribution in [2.45, 2.75) is 46.0 Å². The molecule has 134 valence electrons. The van der Waals surface area contributed by atoms with Gasteiger partial charge in [-0.15, -0.1) is 11.3 Å². The van der Waals surface area contributed by atoms with E-state index in [2.05, 4.69) is 16.5 Å². The van der Waals surface area contributed by atoms with Crippen molar-refractivity contribution in [2.75, 3.05) is 5.32 Å². The zero-order chi connectivity index (χ0) is 18.1. The average Bonchev–Trinajstić information content (AvgIpc) is 3.09. The summed E-state index contributed by atoms with van der Waals surface area (Å²) in [6, 6.07) is 12.1. The number of nitrogens with zero attached hydrogens (tertiary/aromatic N) is 2. The Morgan fingerprint density at radius 2 is 1.88 bits per heavy atom. The average molecular weight is 366 g/mol. The van der Waals surface area contributed by atoms with Gasteiger partial charge in [-0.25, -0.2) is 4.68 Å². The quantitative estimate of drug-likeness (QED) is 0.659. The van der Waals surface area contributed by atoms with E-state index in [1.54, 1.807) is 11.3 Å². The first kappa shape index (κ1) is 17.0. The number of carbonyl (C=O) groups is 1. The number of para-hydroxylation sites is 1. The largest absolute Gasteiger partial charge is 0.318 e. The maximum atomic E-state index is 12.8. The topological polar surface area (TPSA) is 46.9 Å². The van der Waals surface area contributed by atoms with Crippen molar-refractivity contribution < 1.29 is 4.79 Å². The molecule has 2 aromatic heterocycles. The molecule has 0 radical (unpaired) electrons. The summed E-state index contributed by atoms with van der Waals surface area (Å²) in [5, 5.41) is 7.71. The molecule has 3 aromatic rings. The molecule has 0 bridgehead atoms. The smallest absolute Gasteiger partial charge is 0.265 e. The minimum atomic E-state index is -0.0260. The van der Waals surface area contributed by atoms with Crippen LogP contribution in [0, 0.1) is 13.8 Å². The molecule has 1 N–H and O–H groups in total. The number of aromatic nitrogens is 2. The third-order valence-electron chi connectivity index (χ3n) is 5.00. The van der Waals surface area contributed by atoms with Crippen LogP contribution in [0.4, 0.5) is 5.69 Å². The number of rotatable bonds is 3. The van der Waals surface area contributed by atoms with E-state index in [9.17, 15) is 4.79 Å². The number of aryl methyl sites for hydroxylation is 3. The Morgan fingerprint density at radius 3 is 2.69 bits per heavy atom. The predicted octanol–water partition coefficient (Wildman–Crippen LogP) is 5.07. The molecule has 0 saturated carbocycles. The molecule has 0 spiro atoms. The molecule has 26 heavy (non-hydrogen) atoms. The van der Waals surface area contributed by atoms with Crippen LogP contribution >= 0.6 is 11.3 Å². The highest BCUT2D eigenvalue weighted by Crippen LogP contribution is 2.30. The van der Waals surface area contributed by atoms with Crippen LogP contribution in [0.1, 0.15) is 50.8 Å². The Hall–Kier alpha value is -2.40. The molecule has 1 amide bonds. The molecule has 5 heteroatoms. The number of fused-ring (bicyclic) bond motifs is 1. The Morgan fingerprint density at radius 1 is 1.12 bits per heavy atom. The lowest BCUT2D eigenvalue weighted by Crippen LogP contribution is -2.11. The fourth-order valence-corrected chi connectivity index (χ4v) is 4.75. The lowest BCUT2D eigenvalue weighted by atomic mass is 10.1. The standard InChI is InChI=1S/C21H23N3OS/c1-14-20(15(2)24(23-14)17-10-6-4-7-11-17)22-21(25)19-13-16-9-5-3-8-12-18(16)26-19/h4,6-7,10-11,13H,3,5,8-9,12H2,1-2H3,(H,22,25). The van der Waals surface area contributed by atoms with Crippen LogP contribution in [0.2, 0.25) is 0 Å². The number of carbonyl (C=O) groups excluding carboxylic acids is 1. The second kappa shape index (κ2) is 7.08. The van der Waals surface area contributed by atoms with Gasteiger partial charge < -0.3 is 5.32 Å². The summed E-state index contributed by atoms with van der Waals surface area (Å²) >= 11 is 1.65. The van der Waals surface area contributed by atoms with Crippen molar-refractivity contribution >= 4 is 22.9 Å². The van der Waals surface area contributed by atoms with Crippen molar-refractivity contribution in [3.05, 3.63) is 63.1 Å². The highest BCUT2D eigenvalue weighted by atomic mass is 32.1. The monoisotopic (exact) mass is 365 g/mol. The molecule has 0 unspecified atom stereocenters. The number of thiophene rings is 1. The van der Waals surface area contributed by atoms with Crippen molar-refractivity contribution in [1.29, 1.82) is 0 Å². The fraction of sp³-hybridized carbons (Fsp3) is 0.333. The zero-order valence-corrected chi connectivity index (χ0v) is 16.0. The molecule has 1 aliphatic rings. The summed E-state index contributed by atoms with van der Waals surface area (Å²) in [5.41, 5.74) is 4.95. The molecule has 0 fully saturated rings. The third kappa shape index (κ3) is 3.19. The molecule has 0 saturated heterocycles. The highest BCUT2D eigenvalue weighted by Gasteiger charge is 2.20. The summed E-state index contributed by atoms with van der Waals surface area (Å²) in [7, 11) is 0. The first-order valence-corrected chi connectivity index (χ1v) is 9.99. The van der Waals surface area contributed by atoms with E-state index in [-0.39, 0.29) is 5.91 Å². The highest BCUT2D eigenvalue weighted by molar-refractivity contribution is 7.14. The minimum Gasteiger partial charge on any atom is -0.318 e. The van der Waals surface area contributed by atoms with Crippen molar-refractivity contribution in [1.82, 2.24) is 9.78 Å². The van der Waals surface area contributed by atoms with Gasteiger partial charge in [0.2, 0.25) is 0 Å². The third-order valence-corrected chi connectivity index (χ3v) is 6.24. The summed E-state index contributed by atoms with van der Waals surface area (Å²) in [4.78, 5) is 15.0. The molecule has 1 aromatic carbocycles. The Kier molecular flexibility index (Phi) is 4.64. The van der Waals surface area contributed by atoms with Gasteiger partial charge in [-0.05, 0) is 63.3 Å². The Bertz CT molecular complexity index is 916. The SMILES string of the molecule is Cc1nn(-c2ccccc2)c(C)c1NC(=O)c1cc2c(s1)CCCCC2. The minimum absolute atomic E-state index is 0.0260. The lowest BCUT2D eigenvalue weighted by molar-refractivity contribution is 0.103. The van der Waals surface area contributed by atoms with Crippen LogP contribution in [-0.2, 0) is 12.8 Å². The van der Waals surface area contributed by atoms with Gasteiger partial charge in [0.1, 0.15) is 0 Å². The van der Waals surface area contributed by atoms with E-state index in [4.69, 9.17) is 0 Å². The summed E-state index contributed by atoms with van der Waals surface area (Å²) in [6.07, 6.45) is 5.96. The number of hydrogen-bond donors (Lipinski definition) is 1. The number of anilines is 1. The molecule has 2 heterocycles. The number of benzene rings is 1. The molecule has 4 nitrogen and oxygen atoms in total. The van der Waals surface area contributed by atoms with Gasteiger partial charge in [0.05, 0.1) is 27.6 Å². The van der Waals surface area contributed by atoms with Gasteiger partial charge in [0, 0.05) is 4.88 Å². The summed E-state index contributed by atoms with van der Waals surface area (Å²) in [5.74, 6) is -0.0260. The first-order valence-electron chi connectivity index (χ1n) is 9.18. The maximum absolute atomic E-state index is 12.8. The van der Waals surface area contributed by atoms with Gasteiger partial charge in [-0.3, -0.25) is 4.79 Å². The van der Waals surface area contributed by atoms with E-state index in [1.807, 2.05) is 48.9 Å². The van der Waals surface area contributed by atoms with Gasteiger partial charge in [-0.1, -0.05) is 24.6 Å². The van der Waals surface area contributed by atoms with E-state index >= 15 is 0 Å². The molecule has 1 aliphatic carbocycles. The number of nitrogens with one attached hydrogen (secondary N) is 1. The van der Waals surface area contributed by atoms with Crippen LogP contribution < -0.4 is 5.32 Å². The fourth-order valence-electron chi connectivity index (χ4n) is 3.60. The van der Waals surface area contributed by atoms with Crippen molar-refractivity contribution in [3.63, 3.8) is 0 Å². The molecule has 0 aliphatic heterocycles. The van der Waals surface area contributed by atoms with Crippen LogP contribution in [0.25, 0.3) is 5.69 Å². The van der Waals surface area contributed by atoms with Crippen LogP contribution in [-0.4, -0.2) is 15.7 Å². The number of hydrogen-bond acceptors (Lipinski definition) is 3. The molecular weight excluding hydrogens is 342 g/mol. The second-order valence-corrected chi connectivity index (χ2v) is 8.00. The van der Waals surface area contributed by atoms with E-state index in [1.165, 1.54) is 29.7 Å². The van der Waals surface area contributed by atoms with Crippen LogP contribution in [0.15, 0.2) is 36.4 Å². The van der Waals surface area contributed by atoms with Crippen LogP contribution in [0.3, 0.4) is 0 Å². The summed E-state index contributed by atoms with van der Waals surface area (Å²) in [6.45, 7) is 3.93. The molecule has 4 rings (SSSR count). The number of amides is 1. The molecule has 0 atom stereocenters. The predicted molar refractivity (Wildman–Crippen MR) is 107 cm³/mol. The summed E-state index contributed by atoms with van der Waals surface area (Å²) < 4.78 is 1.88. The zero-order valence-electron chi connectivity index (χ0n) is 15.2. The lowest BCUT2D eigenvalue weighted by Gasteiger charge is -2.06. The Balaban J connectivity index is 1.60. The van der Waals surface area contributed by atoms with E-state index in [0.717, 1.165) is 40.5 Å². The van der Waals surface area contributed by atoms with Crippen LogP contribution in [0.5, 0.6) is 0 Å². The van der Waals surface area contributed by atoms with Gasteiger partial charge >= 0.3 is 0 Å². The normalized spacial score (nSPS) is 13.9. The van der Waals surface area contributed by atoms with Gasteiger partial charge in [-0.2, -0.15) is 5.10 Å². The van der Waals surface area contributed by atoms with Crippen molar-refractivity contribution in [2.24, 2.45) is 0 Å². The first-order chi connectivity index (χ1) is 12.6. The van der Waals surface area contributed by atoms with E-state index < -0.39 is 0 Å². The maximum Gasteiger partial charge on any atom is 0.265 e.